The Bertz CT molecular complexity index is 224. The minimum atomic E-state index is -0.976. The van der Waals surface area contributed by atoms with Crippen molar-refractivity contribution < 1.29 is 14.3 Å². The second-order valence-electron chi connectivity index (χ2n) is 3.04. The van der Waals surface area contributed by atoms with Gasteiger partial charge in [0.15, 0.2) is 6.21 Å². The molecule has 1 aliphatic heterocycles. The highest BCUT2D eigenvalue weighted by Crippen LogP contribution is 2.22. The Kier molecular flexibility index (Phi) is 2.35. The summed E-state index contributed by atoms with van der Waals surface area (Å²) in [6.07, 6.45) is 2.69. The maximum Gasteiger partial charge on any atom is 0.379 e. The van der Waals surface area contributed by atoms with Crippen molar-refractivity contribution in [3.8, 4) is 0 Å². The Morgan fingerprint density at radius 1 is 1.83 bits per heavy atom. The van der Waals surface area contributed by atoms with Crippen molar-refractivity contribution in [2.45, 2.75) is 32.2 Å². The number of nitrogens with zero attached hydrogens (tertiary/aromatic N) is 1. The van der Waals surface area contributed by atoms with E-state index in [-0.39, 0.29) is 0 Å². The molecule has 0 aliphatic carbocycles. The molecule has 1 atom stereocenters. The molecule has 0 aromatic rings. The Labute approximate surface area is 71.4 Å². The van der Waals surface area contributed by atoms with E-state index in [1.165, 1.54) is 6.21 Å². The lowest BCUT2D eigenvalue weighted by atomic mass is 10.0. The van der Waals surface area contributed by atoms with Gasteiger partial charge in [-0.1, -0.05) is 0 Å². The Balaban J connectivity index is 2.72. The van der Waals surface area contributed by atoms with Crippen LogP contribution >= 0.6 is 0 Å². The van der Waals surface area contributed by atoms with Gasteiger partial charge in [0, 0.05) is 19.8 Å². The van der Waals surface area contributed by atoms with Gasteiger partial charge in [0.25, 0.3) is 5.54 Å². The van der Waals surface area contributed by atoms with Gasteiger partial charge in [-0.25, -0.2) is 4.79 Å². The van der Waals surface area contributed by atoms with Crippen molar-refractivity contribution in [3.63, 3.8) is 0 Å². The van der Waals surface area contributed by atoms with E-state index in [1.807, 2.05) is 0 Å². The van der Waals surface area contributed by atoms with E-state index in [4.69, 9.17) is 4.74 Å². The van der Waals surface area contributed by atoms with Crippen LogP contribution in [-0.4, -0.2) is 29.1 Å². The molecule has 0 saturated carbocycles. The van der Waals surface area contributed by atoms with Gasteiger partial charge in [-0.15, -0.1) is 0 Å². The summed E-state index contributed by atoms with van der Waals surface area (Å²) in [5, 5.41) is 11.2. The summed E-state index contributed by atoms with van der Waals surface area (Å²) in [5.41, 5.74) is -0.976. The van der Waals surface area contributed by atoms with Crippen LogP contribution in [0.3, 0.4) is 0 Å². The fourth-order valence-corrected chi connectivity index (χ4v) is 1.25. The molecule has 0 aromatic carbocycles. The van der Waals surface area contributed by atoms with Crippen LogP contribution in [-0.2, 0) is 9.53 Å². The average Bonchev–Trinajstić information content (AvgIpc) is 2.34. The molecular weight excluding hydrogens is 158 g/mol. The van der Waals surface area contributed by atoms with Crippen LogP contribution in [0.25, 0.3) is 0 Å². The molecule has 0 aromatic heterocycles. The third kappa shape index (κ3) is 1.29. The van der Waals surface area contributed by atoms with E-state index >= 15 is 0 Å². The van der Waals surface area contributed by atoms with Gasteiger partial charge >= 0.3 is 5.97 Å². The first-order valence-electron chi connectivity index (χ1n) is 4.08. The van der Waals surface area contributed by atoms with E-state index < -0.39 is 11.5 Å². The van der Waals surface area contributed by atoms with Crippen LogP contribution in [0.1, 0.15) is 26.7 Å². The molecule has 1 rings (SSSR count). The summed E-state index contributed by atoms with van der Waals surface area (Å²) in [4.78, 5) is 11.3. The zero-order valence-electron chi connectivity index (χ0n) is 7.37. The standard InChI is InChI=1S/C8H13NO3/c1-3-12-7(10)8(2)5-4-6-9(8)11/h6H,3-5H2,1-2H3/t8-/m0/s1. The van der Waals surface area contributed by atoms with Gasteiger partial charge in [-0.3, -0.25) is 0 Å². The van der Waals surface area contributed by atoms with Crippen molar-refractivity contribution in [2.75, 3.05) is 6.61 Å². The number of rotatable bonds is 2. The molecule has 0 radical (unpaired) electrons. The van der Waals surface area contributed by atoms with Gasteiger partial charge in [0.2, 0.25) is 0 Å². The predicted molar refractivity (Wildman–Crippen MR) is 44.0 cm³/mol. The number of esters is 1. The van der Waals surface area contributed by atoms with Crippen LogP contribution in [0, 0.1) is 5.21 Å². The SMILES string of the molecule is CCOC(=O)[C@]1(C)CCC=[N+]1[O-]. The Morgan fingerprint density at radius 2 is 2.50 bits per heavy atom. The lowest BCUT2D eigenvalue weighted by Gasteiger charge is -2.20. The van der Waals surface area contributed by atoms with Gasteiger partial charge in [-0.05, 0) is 6.92 Å². The summed E-state index contributed by atoms with van der Waals surface area (Å²) in [5.74, 6) is -0.422. The minimum Gasteiger partial charge on any atom is -0.623 e. The smallest absolute Gasteiger partial charge is 0.379 e. The van der Waals surface area contributed by atoms with Gasteiger partial charge in [0.05, 0.1) is 6.61 Å². The largest absolute Gasteiger partial charge is 0.623 e. The third-order valence-corrected chi connectivity index (χ3v) is 2.13. The van der Waals surface area contributed by atoms with Crippen molar-refractivity contribution in [1.29, 1.82) is 0 Å². The van der Waals surface area contributed by atoms with Gasteiger partial charge < -0.3 is 9.94 Å². The highest BCUT2D eigenvalue weighted by molar-refractivity contribution is 5.81. The topological polar surface area (TPSA) is 52.4 Å². The average molecular weight is 171 g/mol. The van der Waals surface area contributed by atoms with Crippen molar-refractivity contribution >= 4 is 12.2 Å². The minimum absolute atomic E-state index is 0.322. The molecule has 0 saturated heterocycles. The summed E-state index contributed by atoms with van der Waals surface area (Å²) < 4.78 is 5.50. The number of hydrogen-bond donors (Lipinski definition) is 0. The Hall–Kier alpha value is -1.06. The zero-order valence-corrected chi connectivity index (χ0v) is 7.37. The normalized spacial score (nSPS) is 28.3. The first kappa shape index (κ1) is 9.03. The summed E-state index contributed by atoms with van der Waals surface area (Å²) in [6, 6.07) is 0. The number of hydrogen-bond acceptors (Lipinski definition) is 3. The summed E-state index contributed by atoms with van der Waals surface area (Å²) >= 11 is 0. The second kappa shape index (κ2) is 3.13. The first-order valence-corrected chi connectivity index (χ1v) is 4.08. The van der Waals surface area contributed by atoms with Crippen molar-refractivity contribution in [3.05, 3.63) is 5.21 Å². The molecule has 0 unspecified atom stereocenters. The first-order chi connectivity index (χ1) is 5.61. The summed E-state index contributed by atoms with van der Waals surface area (Å²) in [6.45, 7) is 3.67. The maximum atomic E-state index is 11.3. The van der Waals surface area contributed by atoms with Crippen LogP contribution < -0.4 is 0 Å². The molecule has 0 fully saturated rings. The molecule has 4 heteroatoms. The molecular formula is C8H13NO3. The van der Waals surface area contributed by atoms with Crippen LogP contribution in [0.2, 0.25) is 0 Å². The number of ether oxygens (including phenoxy) is 1. The molecule has 68 valence electrons. The van der Waals surface area contributed by atoms with Crippen LogP contribution in [0.15, 0.2) is 0 Å². The van der Waals surface area contributed by atoms with Crippen molar-refractivity contribution in [1.82, 2.24) is 0 Å². The van der Waals surface area contributed by atoms with E-state index in [0.717, 1.165) is 0 Å². The van der Waals surface area contributed by atoms with E-state index in [1.54, 1.807) is 13.8 Å². The number of carbonyl (C=O) groups is 1. The molecule has 12 heavy (non-hydrogen) atoms. The maximum absolute atomic E-state index is 11.3. The molecule has 4 nitrogen and oxygen atoms in total. The zero-order chi connectivity index (χ0) is 9.19. The highest BCUT2D eigenvalue weighted by Gasteiger charge is 2.46. The highest BCUT2D eigenvalue weighted by atomic mass is 16.5. The second-order valence-corrected chi connectivity index (χ2v) is 3.04. The fourth-order valence-electron chi connectivity index (χ4n) is 1.25. The fraction of sp³-hybridized carbons (Fsp3) is 0.750. The summed E-state index contributed by atoms with van der Waals surface area (Å²) in [7, 11) is 0. The van der Waals surface area contributed by atoms with E-state index in [9.17, 15) is 10.0 Å². The molecule has 1 heterocycles. The van der Waals surface area contributed by atoms with Crippen LogP contribution in [0.5, 0.6) is 0 Å². The molecule has 0 spiro atoms. The predicted octanol–water partition coefficient (Wildman–Crippen LogP) is 0.683. The Morgan fingerprint density at radius 3 is 2.92 bits per heavy atom. The van der Waals surface area contributed by atoms with Gasteiger partial charge in [-0.2, -0.15) is 4.74 Å². The van der Waals surface area contributed by atoms with Crippen molar-refractivity contribution in [2.24, 2.45) is 0 Å². The number of carbonyl (C=O) groups excluding carboxylic acids is 1. The van der Waals surface area contributed by atoms with Crippen LogP contribution in [0.4, 0.5) is 0 Å². The lowest BCUT2D eigenvalue weighted by molar-refractivity contribution is -0.518. The monoisotopic (exact) mass is 171 g/mol. The number of hydroxylamine groups is 1. The molecule has 0 N–H and O–H groups in total. The third-order valence-electron chi connectivity index (χ3n) is 2.13. The lowest BCUT2D eigenvalue weighted by Crippen LogP contribution is -2.42. The van der Waals surface area contributed by atoms with Gasteiger partial charge in [0.1, 0.15) is 0 Å². The molecule has 0 amide bonds. The molecule has 0 bridgehead atoms. The van der Waals surface area contributed by atoms with E-state index in [2.05, 4.69) is 0 Å². The van der Waals surface area contributed by atoms with E-state index in [0.29, 0.717) is 24.2 Å². The quantitative estimate of drug-likeness (QED) is 0.349. The molecule has 1 aliphatic rings.